The molecule has 0 spiro atoms. The third-order valence-corrected chi connectivity index (χ3v) is 5.49. The fourth-order valence-electron chi connectivity index (χ4n) is 3.47. The number of nitrogens with zero attached hydrogens (tertiary/aromatic N) is 4. The zero-order valence-corrected chi connectivity index (χ0v) is 18.1. The van der Waals surface area contributed by atoms with Crippen LogP contribution in [0.4, 0.5) is 33.6 Å². The van der Waals surface area contributed by atoms with E-state index >= 15 is 0 Å². The first kappa shape index (κ1) is 21.4. The predicted octanol–water partition coefficient (Wildman–Crippen LogP) is 3.44. The molecule has 0 atom stereocenters. The van der Waals surface area contributed by atoms with Crippen molar-refractivity contribution in [2.75, 3.05) is 33.6 Å². The summed E-state index contributed by atoms with van der Waals surface area (Å²) < 4.78 is 0. The van der Waals surface area contributed by atoms with Gasteiger partial charge in [0.25, 0.3) is 0 Å². The van der Waals surface area contributed by atoms with Crippen LogP contribution in [0.3, 0.4) is 0 Å². The van der Waals surface area contributed by atoms with Crippen LogP contribution in [0.1, 0.15) is 17.5 Å². The number of nitrogens with one attached hydrogen (secondary N) is 1. The molecule has 9 nitrogen and oxygen atoms in total. The molecule has 0 saturated heterocycles. The first-order valence-electron chi connectivity index (χ1n) is 9.92. The van der Waals surface area contributed by atoms with Crippen LogP contribution in [0.25, 0.3) is 0 Å². The Morgan fingerprint density at radius 1 is 1.19 bits per heavy atom. The number of amides is 3. The summed E-state index contributed by atoms with van der Waals surface area (Å²) in [5.74, 6) is 0.409. The average molecular weight is 452 g/mol. The maximum Gasteiger partial charge on any atom is 0.330 e. The number of hydrogen-bond donors (Lipinski definition) is 3. The molecular weight excluding hydrogens is 430 g/mol. The number of hydrogen-bond acceptors (Lipinski definition) is 6. The predicted molar refractivity (Wildman–Crippen MR) is 126 cm³/mol. The highest BCUT2D eigenvalue weighted by atomic mass is 35.5. The Morgan fingerprint density at radius 2 is 1.94 bits per heavy atom. The summed E-state index contributed by atoms with van der Waals surface area (Å²) in [5, 5.41) is 3.25. The Morgan fingerprint density at radius 3 is 2.69 bits per heavy atom. The number of urea groups is 1. The van der Waals surface area contributed by atoms with Gasteiger partial charge in [-0.25, -0.2) is 9.78 Å². The second-order valence-corrected chi connectivity index (χ2v) is 7.87. The molecule has 32 heavy (non-hydrogen) atoms. The van der Waals surface area contributed by atoms with E-state index in [1.807, 2.05) is 24.3 Å². The number of halogens is 1. The van der Waals surface area contributed by atoms with E-state index in [9.17, 15) is 9.59 Å². The first-order valence-corrected chi connectivity index (χ1v) is 10.3. The van der Waals surface area contributed by atoms with Gasteiger partial charge in [0, 0.05) is 36.6 Å². The van der Waals surface area contributed by atoms with Crippen molar-refractivity contribution in [3.05, 3.63) is 64.8 Å². The monoisotopic (exact) mass is 451 g/mol. The van der Waals surface area contributed by atoms with Crippen molar-refractivity contribution < 1.29 is 9.59 Å². The van der Waals surface area contributed by atoms with E-state index in [1.54, 1.807) is 31.4 Å². The fraction of sp³-hybridized carbons (Fsp3) is 0.182. The molecular formula is C22H22ClN7O2. The zero-order valence-electron chi connectivity index (χ0n) is 17.4. The molecule has 0 aliphatic carbocycles. The van der Waals surface area contributed by atoms with E-state index in [0.717, 1.165) is 11.1 Å². The van der Waals surface area contributed by atoms with Gasteiger partial charge in [0.05, 0.1) is 17.3 Å². The molecule has 2 heterocycles. The quantitative estimate of drug-likeness (QED) is 0.509. The molecule has 164 valence electrons. The highest BCUT2D eigenvalue weighted by Crippen LogP contribution is 2.35. The van der Waals surface area contributed by atoms with Crippen molar-refractivity contribution in [3.8, 4) is 0 Å². The van der Waals surface area contributed by atoms with Gasteiger partial charge in [0.15, 0.2) is 0 Å². The van der Waals surface area contributed by atoms with Gasteiger partial charge in [0.2, 0.25) is 11.9 Å². The highest BCUT2D eigenvalue weighted by Gasteiger charge is 2.31. The van der Waals surface area contributed by atoms with E-state index < -0.39 is 0 Å². The molecule has 10 heteroatoms. The Labute approximate surface area is 190 Å². The largest absolute Gasteiger partial charge is 0.399 e. The van der Waals surface area contributed by atoms with Crippen LogP contribution >= 0.6 is 11.6 Å². The molecule has 2 aromatic carbocycles. The normalized spacial score (nSPS) is 13.1. The number of aryl methyl sites for hydroxylation is 1. The molecule has 5 N–H and O–H groups in total. The van der Waals surface area contributed by atoms with E-state index in [4.69, 9.17) is 23.1 Å². The molecule has 3 amide bonds. The summed E-state index contributed by atoms with van der Waals surface area (Å²) >= 11 is 6.40. The van der Waals surface area contributed by atoms with Crippen LogP contribution in [0.2, 0.25) is 5.02 Å². The summed E-state index contributed by atoms with van der Waals surface area (Å²) in [4.78, 5) is 36.5. The maximum absolute atomic E-state index is 13.0. The SMILES string of the molecule is CN1C(=O)N(c2cc(NC(=O)CCc3ccc(N)cc3)ccc2Cl)Cc2cnc(N)nc21. The topological polar surface area (TPSA) is 130 Å². The third kappa shape index (κ3) is 4.42. The number of fused-ring (bicyclic) bond motifs is 1. The summed E-state index contributed by atoms with van der Waals surface area (Å²) in [6.07, 6.45) is 2.48. The smallest absolute Gasteiger partial charge is 0.330 e. The fourth-order valence-corrected chi connectivity index (χ4v) is 3.69. The lowest BCUT2D eigenvalue weighted by atomic mass is 10.1. The molecule has 1 aliphatic heterocycles. The molecule has 0 bridgehead atoms. The van der Waals surface area contributed by atoms with Crippen molar-refractivity contribution in [2.45, 2.75) is 19.4 Å². The van der Waals surface area contributed by atoms with Crippen molar-refractivity contribution in [2.24, 2.45) is 0 Å². The second kappa shape index (κ2) is 8.72. The van der Waals surface area contributed by atoms with Crippen molar-refractivity contribution in [1.29, 1.82) is 0 Å². The lowest BCUT2D eigenvalue weighted by Gasteiger charge is -2.34. The number of nitrogens with two attached hydrogens (primary N) is 2. The van der Waals surface area contributed by atoms with Gasteiger partial charge in [-0.3, -0.25) is 14.6 Å². The van der Waals surface area contributed by atoms with Gasteiger partial charge >= 0.3 is 6.03 Å². The molecule has 1 aliphatic rings. The van der Waals surface area contributed by atoms with Crippen LogP contribution < -0.4 is 26.6 Å². The summed E-state index contributed by atoms with van der Waals surface area (Å²) in [6.45, 7) is 0.229. The lowest BCUT2D eigenvalue weighted by Crippen LogP contribution is -2.46. The third-order valence-electron chi connectivity index (χ3n) is 5.17. The van der Waals surface area contributed by atoms with Crippen LogP contribution in [-0.4, -0.2) is 29.0 Å². The first-order chi connectivity index (χ1) is 15.3. The van der Waals surface area contributed by atoms with Crippen LogP contribution in [0.15, 0.2) is 48.7 Å². The van der Waals surface area contributed by atoms with Crippen LogP contribution in [0, 0.1) is 0 Å². The minimum absolute atomic E-state index is 0.0959. The van der Waals surface area contributed by atoms with Crippen LogP contribution in [0.5, 0.6) is 0 Å². The van der Waals surface area contributed by atoms with Gasteiger partial charge in [-0.1, -0.05) is 23.7 Å². The Kier molecular flexibility index (Phi) is 5.83. The summed E-state index contributed by atoms with van der Waals surface area (Å²) in [7, 11) is 1.61. The number of nitrogen functional groups attached to an aromatic ring is 2. The van der Waals surface area contributed by atoms with E-state index in [1.165, 1.54) is 9.80 Å². The molecule has 0 unspecified atom stereocenters. The van der Waals surface area contributed by atoms with Gasteiger partial charge in [-0.15, -0.1) is 0 Å². The average Bonchev–Trinajstić information content (AvgIpc) is 2.78. The van der Waals surface area contributed by atoms with E-state index in [0.29, 0.717) is 40.7 Å². The van der Waals surface area contributed by atoms with Crippen molar-refractivity contribution in [3.63, 3.8) is 0 Å². The Hall–Kier alpha value is -3.85. The summed E-state index contributed by atoms with van der Waals surface area (Å²) in [6, 6.07) is 12.1. The second-order valence-electron chi connectivity index (χ2n) is 7.46. The zero-order chi connectivity index (χ0) is 22.8. The molecule has 0 radical (unpaired) electrons. The van der Waals surface area contributed by atoms with Gasteiger partial charge in [-0.05, 0) is 42.3 Å². The highest BCUT2D eigenvalue weighted by molar-refractivity contribution is 6.34. The van der Waals surface area contributed by atoms with Crippen molar-refractivity contribution >= 4 is 52.4 Å². The number of carbonyl (C=O) groups excluding carboxylic acids is 2. The van der Waals surface area contributed by atoms with E-state index in [2.05, 4.69) is 15.3 Å². The van der Waals surface area contributed by atoms with Gasteiger partial charge in [-0.2, -0.15) is 4.98 Å². The number of rotatable bonds is 5. The van der Waals surface area contributed by atoms with Gasteiger partial charge < -0.3 is 16.8 Å². The molecule has 3 aromatic rings. The lowest BCUT2D eigenvalue weighted by molar-refractivity contribution is -0.116. The Balaban J connectivity index is 1.50. The Bertz CT molecular complexity index is 1180. The summed E-state index contributed by atoms with van der Waals surface area (Å²) in [5.41, 5.74) is 14.8. The minimum Gasteiger partial charge on any atom is -0.399 e. The number of benzene rings is 2. The number of carbonyl (C=O) groups is 2. The standard InChI is InChI=1S/C22H22ClN7O2/c1-29-20-14(11-26-21(25)28-20)12-30(22(29)32)18-10-16(7-8-17(18)23)27-19(31)9-4-13-2-5-15(24)6-3-13/h2-3,5-8,10-11H,4,9,12,24H2,1H3,(H,27,31)(H2,25,26,28). The van der Waals surface area contributed by atoms with Crippen LogP contribution in [-0.2, 0) is 17.8 Å². The molecule has 0 fully saturated rings. The van der Waals surface area contributed by atoms with Gasteiger partial charge in [0.1, 0.15) is 5.82 Å². The molecule has 1 aromatic heterocycles. The number of anilines is 5. The molecule has 4 rings (SSSR count). The van der Waals surface area contributed by atoms with E-state index in [-0.39, 0.29) is 24.4 Å². The minimum atomic E-state index is -0.315. The maximum atomic E-state index is 13.0. The van der Waals surface area contributed by atoms with Crippen molar-refractivity contribution in [1.82, 2.24) is 9.97 Å². The molecule has 0 saturated carbocycles. The number of aromatic nitrogens is 2.